The number of hydrogen-bond acceptors (Lipinski definition) is 11. The van der Waals surface area contributed by atoms with Gasteiger partial charge in [-0.1, -0.05) is 48.5 Å². The fourth-order valence-electron chi connectivity index (χ4n) is 4.90. The number of hydrogen-bond donors (Lipinski definition) is 1. The number of carbonyl (C=O) groups is 1. The first kappa shape index (κ1) is 39.8. The van der Waals surface area contributed by atoms with Crippen LogP contribution in [0.15, 0.2) is 48.5 Å². The molecule has 0 spiro atoms. The van der Waals surface area contributed by atoms with E-state index in [0.29, 0.717) is 125 Å². The van der Waals surface area contributed by atoms with Crippen LogP contribution in [0, 0.1) is 0 Å². The zero-order chi connectivity index (χ0) is 33.9. The van der Waals surface area contributed by atoms with Gasteiger partial charge in [0.1, 0.15) is 6.61 Å². The molecule has 0 radical (unpaired) electrons. The summed E-state index contributed by atoms with van der Waals surface area (Å²) in [7, 11) is 4.04. The Hall–Kier alpha value is -2.65. The Morgan fingerprint density at radius 2 is 0.938 bits per heavy atom. The van der Waals surface area contributed by atoms with Crippen molar-refractivity contribution in [3.05, 3.63) is 59.7 Å². The molecule has 0 atom stereocenters. The van der Waals surface area contributed by atoms with Gasteiger partial charge in [-0.15, -0.1) is 0 Å². The minimum absolute atomic E-state index is 0.0544. The smallest absolute Gasteiger partial charge is 0.407 e. The Morgan fingerprint density at radius 1 is 0.562 bits per heavy atom. The molecule has 48 heavy (non-hydrogen) atoms. The van der Waals surface area contributed by atoms with Crippen molar-refractivity contribution in [2.45, 2.75) is 12.3 Å². The molecule has 1 aliphatic rings. The van der Waals surface area contributed by atoms with Gasteiger partial charge in [-0.3, -0.25) is 0 Å². The van der Waals surface area contributed by atoms with Crippen LogP contribution in [-0.4, -0.2) is 150 Å². The number of rotatable bonds is 30. The molecule has 0 heterocycles. The standard InChI is InChI=1S/C36H56N2O10/c1-38(2)13-15-41-17-19-43-21-23-45-25-27-47-29-28-46-26-24-44-22-20-42-18-16-40-14-7-12-37-36(39)48-30-35-33-10-5-3-8-31(33)32-9-4-6-11-34(32)35/h3-6,8-11,35H,7,12-30H2,1-2H3,(H,37,39). The molecule has 1 N–H and O–H groups in total. The highest BCUT2D eigenvalue weighted by Gasteiger charge is 2.28. The SMILES string of the molecule is CN(C)CCOCCOCCOCCOCCOCCOCCOCCOCCCNC(=O)OCC1c2ccccc2-c2ccccc21. The van der Waals surface area contributed by atoms with E-state index < -0.39 is 6.09 Å². The van der Waals surface area contributed by atoms with Crippen LogP contribution >= 0.6 is 0 Å². The molecular weight excluding hydrogens is 620 g/mol. The fourth-order valence-corrected chi connectivity index (χ4v) is 4.90. The van der Waals surface area contributed by atoms with Crippen LogP contribution in [-0.2, 0) is 42.6 Å². The summed E-state index contributed by atoms with van der Waals surface area (Å²) in [5, 5.41) is 2.81. The third-order valence-electron chi connectivity index (χ3n) is 7.37. The zero-order valence-corrected chi connectivity index (χ0v) is 28.9. The molecule has 270 valence electrons. The maximum absolute atomic E-state index is 12.2. The molecule has 2 aromatic carbocycles. The van der Waals surface area contributed by atoms with E-state index in [1.807, 2.05) is 38.4 Å². The number of carbonyl (C=O) groups excluding carboxylic acids is 1. The van der Waals surface area contributed by atoms with Gasteiger partial charge < -0.3 is 52.8 Å². The van der Waals surface area contributed by atoms with Crippen molar-refractivity contribution < 1.29 is 47.4 Å². The van der Waals surface area contributed by atoms with E-state index >= 15 is 0 Å². The second-order valence-electron chi connectivity index (χ2n) is 11.3. The van der Waals surface area contributed by atoms with Crippen molar-refractivity contribution in [1.82, 2.24) is 10.2 Å². The highest BCUT2D eigenvalue weighted by molar-refractivity contribution is 5.79. The van der Waals surface area contributed by atoms with Crippen molar-refractivity contribution >= 4 is 6.09 Å². The number of likely N-dealkylation sites (N-methyl/N-ethyl adjacent to an activating group) is 1. The summed E-state index contributed by atoms with van der Waals surface area (Å²) in [5.41, 5.74) is 4.82. The second kappa shape index (κ2) is 26.2. The van der Waals surface area contributed by atoms with Crippen molar-refractivity contribution in [3.8, 4) is 11.1 Å². The number of alkyl carbamates (subject to hydrolysis) is 1. The summed E-state index contributed by atoms with van der Waals surface area (Å²) in [6, 6.07) is 16.6. The summed E-state index contributed by atoms with van der Waals surface area (Å²) in [4.78, 5) is 14.3. The van der Waals surface area contributed by atoms with Crippen molar-refractivity contribution in [3.63, 3.8) is 0 Å². The molecule has 0 saturated heterocycles. The minimum atomic E-state index is -0.411. The molecule has 3 rings (SSSR count). The van der Waals surface area contributed by atoms with Crippen molar-refractivity contribution in [2.75, 3.05) is 140 Å². The normalized spacial score (nSPS) is 12.4. The molecule has 12 heteroatoms. The summed E-state index contributed by atoms with van der Waals surface area (Å²) >= 11 is 0. The lowest BCUT2D eigenvalue weighted by Crippen LogP contribution is -2.27. The van der Waals surface area contributed by atoms with E-state index in [1.165, 1.54) is 22.3 Å². The monoisotopic (exact) mass is 676 g/mol. The maximum atomic E-state index is 12.2. The summed E-state index contributed by atoms with van der Waals surface area (Å²) in [6.07, 6.45) is 0.280. The molecule has 0 aliphatic heterocycles. The molecule has 1 aliphatic carbocycles. The Balaban J connectivity index is 0.988. The molecular formula is C36H56N2O10. The predicted octanol–water partition coefficient (Wildman–Crippen LogP) is 3.61. The van der Waals surface area contributed by atoms with Crippen molar-refractivity contribution in [2.24, 2.45) is 0 Å². The van der Waals surface area contributed by atoms with Crippen LogP contribution < -0.4 is 5.32 Å². The van der Waals surface area contributed by atoms with Gasteiger partial charge in [0.25, 0.3) is 0 Å². The van der Waals surface area contributed by atoms with Crippen LogP contribution in [0.2, 0.25) is 0 Å². The quantitative estimate of drug-likeness (QED) is 0.122. The number of ether oxygens (including phenoxy) is 9. The first-order chi connectivity index (χ1) is 23.7. The molecule has 0 bridgehead atoms. The summed E-state index contributed by atoms with van der Waals surface area (Å²) < 4.78 is 49.5. The Labute approximate surface area is 286 Å². The number of amides is 1. The van der Waals surface area contributed by atoms with Crippen molar-refractivity contribution in [1.29, 1.82) is 0 Å². The van der Waals surface area contributed by atoms with Gasteiger partial charge in [-0.05, 0) is 42.8 Å². The number of nitrogens with zero attached hydrogens (tertiary/aromatic N) is 1. The van der Waals surface area contributed by atoms with Crippen LogP contribution in [0.25, 0.3) is 11.1 Å². The van der Waals surface area contributed by atoms with Gasteiger partial charge in [0.2, 0.25) is 0 Å². The van der Waals surface area contributed by atoms with E-state index in [9.17, 15) is 4.79 Å². The Morgan fingerprint density at radius 3 is 1.35 bits per heavy atom. The first-order valence-electron chi connectivity index (χ1n) is 17.0. The van der Waals surface area contributed by atoms with E-state index in [-0.39, 0.29) is 5.92 Å². The minimum Gasteiger partial charge on any atom is -0.449 e. The highest BCUT2D eigenvalue weighted by atomic mass is 16.6. The predicted molar refractivity (Wildman–Crippen MR) is 183 cm³/mol. The number of benzene rings is 2. The van der Waals surface area contributed by atoms with Gasteiger partial charge in [-0.25, -0.2) is 4.79 Å². The van der Waals surface area contributed by atoms with Crippen LogP contribution in [0.1, 0.15) is 23.5 Å². The van der Waals surface area contributed by atoms with Crippen LogP contribution in [0.5, 0.6) is 0 Å². The molecule has 0 unspecified atom stereocenters. The van der Waals surface area contributed by atoms with Crippen LogP contribution in [0.4, 0.5) is 4.79 Å². The zero-order valence-electron chi connectivity index (χ0n) is 28.9. The lowest BCUT2D eigenvalue weighted by atomic mass is 9.98. The van der Waals surface area contributed by atoms with Gasteiger partial charge >= 0.3 is 6.09 Å². The second-order valence-corrected chi connectivity index (χ2v) is 11.3. The van der Waals surface area contributed by atoms with E-state index in [4.69, 9.17) is 42.6 Å². The third kappa shape index (κ3) is 17.1. The first-order valence-corrected chi connectivity index (χ1v) is 17.0. The number of fused-ring (bicyclic) bond motifs is 3. The molecule has 0 fully saturated rings. The lowest BCUT2D eigenvalue weighted by molar-refractivity contribution is -0.0233. The van der Waals surface area contributed by atoms with Gasteiger partial charge in [0.05, 0.1) is 99.1 Å². The highest BCUT2D eigenvalue weighted by Crippen LogP contribution is 2.44. The average molecular weight is 677 g/mol. The molecule has 0 aromatic heterocycles. The number of nitrogens with one attached hydrogen (secondary N) is 1. The van der Waals surface area contributed by atoms with E-state index in [2.05, 4.69) is 34.5 Å². The molecule has 0 saturated carbocycles. The summed E-state index contributed by atoms with van der Waals surface area (Å²) in [5.74, 6) is 0.0544. The topological polar surface area (TPSA) is 115 Å². The average Bonchev–Trinajstić information content (AvgIpc) is 3.42. The van der Waals surface area contributed by atoms with Gasteiger partial charge in [0.15, 0.2) is 0 Å². The van der Waals surface area contributed by atoms with E-state index in [1.54, 1.807) is 0 Å². The van der Waals surface area contributed by atoms with Gasteiger partial charge in [-0.2, -0.15) is 0 Å². The van der Waals surface area contributed by atoms with Gasteiger partial charge in [0, 0.05) is 25.6 Å². The molecule has 1 amide bonds. The Kier molecular flexibility index (Phi) is 21.8. The Bertz CT molecular complexity index is 1060. The largest absolute Gasteiger partial charge is 0.449 e. The molecule has 2 aromatic rings. The molecule has 12 nitrogen and oxygen atoms in total. The lowest BCUT2D eigenvalue weighted by Gasteiger charge is -2.14. The van der Waals surface area contributed by atoms with E-state index in [0.717, 1.165) is 6.54 Å². The fraction of sp³-hybridized carbons (Fsp3) is 0.639. The van der Waals surface area contributed by atoms with Crippen LogP contribution in [0.3, 0.4) is 0 Å². The summed E-state index contributed by atoms with van der Waals surface area (Å²) in [6.45, 7) is 10.2. The third-order valence-corrected chi connectivity index (χ3v) is 7.37. The maximum Gasteiger partial charge on any atom is 0.407 e.